The fraction of sp³-hybridized carbons (Fsp3) is 0.385. The minimum atomic E-state index is -0.0171. The third-order valence-electron chi connectivity index (χ3n) is 2.78. The summed E-state index contributed by atoms with van der Waals surface area (Å²) in [6, 6.07) is 5.86. The SMILES string of the molecule is CCC[C@H](N)c1cc2cc(Cl)c(C)cc2o1. The molecule has 0 fully saturated rings. The van der Waals surface area contributed by atoms with Gasteiger partial charge in [-0.25, -0.2) is 0 Å². The smallest absolute Gasteiger partial charge is 0.134 e. The van der Waals surface area contributed by atoms with E-state index in [-0.39, 0.29) is 6.04 Å². The molecule has 1 aromatic carbocycles. The van der Waals surface area contributed by atoms with Gasteiger partial charge in [0.15, 0.2) is 0 Å². The largest absolute Gasteiger partial charge is 0.459 e. The minimum absolute atomic E-state index is 0.0171. The fourth-order valence-corrected chi connectivity index (χ4v) is 1.99. The van der Waals surface area contributed by atoms with Gasteiger partial charge in [-0.3, -0.25) is 0 Å². The van der Waals surface area contributed by atoms with Gasteiger partial charge in [-0.2, -0.15) is 0 Å². The summed E-state index contributed by atoms with van der Waals surface area (Å²) < 4.78 is 5.73. The van der Waals surface area contributed by atoms with E-state index in [0.717, 1.165) is 40.2 Å². The maximum Gasteiger partial charge on any atom is 0.134 e. The van der Waals surface area contributed by atoms with E-state index in [2.05, 4.69) is 6.92 Å². The number of benzene rings is 1. The molecule has 0 saturated carbocycles. The highest BCUT2D eigenvalue weighted by Crippen LogP contribution is 2.29. The van der Waals surface area contributed by atoms with Crippen LogP contribution in [0.1, 0.15) is 37.1 Å². The van der Waals surface area contributed by atoms with Crippen LogP contribution in [0.15, 0.2) is 22.6 Å². The van der Waals surface area contributed by atoms with Crippen LogP contribution in [0.3, 0.4) is 0 Å². The lowest BCUT2D eigenvalue weighted by Crippen LogP contribution is -2.08. The first-order valence-electron chi connectivity index (χ1n) is 5.57. The molecule has 0 radical (unpaired) electrons. The van der Waals surface area contributed by atoms with Gasteiger partial charge in [-0.05, 0) is 37.1 Å². The topological polar surface area (TPSA) is 39.2 Å². The number of fused-ring (bicyclic) bond motifs is 1. The van der Waals surface area contributed by atoms with Gasteiger partial charge in [0.05, 0.1) is 6.04 Å². The van der Waals surface area contributed by atoms with Crippen LogP contribution in [0.5, 0.6) is 0 Å². The molecule has 1 atom stereocenters. The van der Waals surface area contributed by atoms with Crippen LogP contribution in [0.4, 0.5) is 0 Å². The number of hydrogen-bond acceptors (Lipinski definition) is 2. The van der Waals surface area contributed by atoms with E-state index in [1.54, 1.807) is 0 Å². The lowest BCUT2D eigenvalue weighted by Gasteiger charge is -2.04. The average molecular weight is 238 g/mol. The van der Waals surface area contributed by atoms with Crippen molar-refractivity contribution in [1.82, 2.24) is 0 Å². The Labute approximate surface area is 100 Å². The van der Waals surface area contributed by atoms with Crippen LogP contribution in [0.25, 0.3) is 11.0 Å². The van der Waals surface area contributed by atoms with Gasteiger partial charge in [0.1, 0.15) is 11.3 Å². The van der Waals surface area contributed by atoms with Crippen LogP contribution in [-0.4, -0.2) is 0 Å². The van der Waals surface area contributed by atoms with Crippen LogP contribution in [-0.2, 0) is 0 Å². The first kappa shape index (κ1) is 11.5. The zero-order valence-corrected chi connectivity index (χ0v) is 10.3. The van der Waals surface area contributed by atoms with Crippen molar-refractivity contribution in [3.63, 3.8) is 0 Å². The Bertz CT molecular complexity index is 465. The van der Waals surface area contributed by atoms with E-state index in [1.807, 2.05) is 25.1 Å². The fourth-order valence-electron chi connectivity index (χ4n) is 1.82. The Morgan fingerprint density at radius 2 is 2.12 bits per heavy atom. The molecule has 1 heterocycles. The summed E-state index contributed by atoms with van der Waals surface area (Å²) in [4.78, 5) is 0. The Morgan fingerprint density at radius 1 is 1.38 bits per heavy atom. The second-order valence-electron chi connectivity index (χ2n) is 4.18. The highest BCUT2D eigenvalue weighted by molar-refractivity contribution is 6.32. The highest BCUT2D eigenvalue weighted by atomic mass is 35.5. The molecule has 0 saturated heterocycles. The summed E-state index contributed by atoms with van der Waals surface area (Å²) in [5.41, 5.74) is 7.91. The molecule has 0 spiro atoms. The second kappa shape index (κ2) is 4.48. The summed E-state index contributed by atoms with van der Waals surface area (Å²) in [6.07, 6.45) is 1.99. The van der Waals surface area contributed by atoms with E-state index >= 15 is 0 Å². The molecule has 2 N–H and O–H groups in total. The predicted molar refractivity (Wildman–Crippen MR) is 67.8 cm³/mol. The molecule has 0 aliphatic carbocycles. The van der Waals surface area contributed by atoms with Crippen LogP contribution < -0.4 is 5.73 Å². The first-order valence-corrected chi connectivity index (χ1v) is 5.94. The normalized spacial score (nSPS) is 13.2. The van der Waals surface area contributed by atoms with Crippen molar-refractivity contribution in [2.45, 2.75) is 32.7 Å². The van der Waals surface area contributed by atoms with Crippen molar-refractivity contribution in [1.29, 1.82) is 0 Å². The number of furan rings is 1. The number of halogens is 1. The molecule has 1 aromatic heterocycles. The molecule has 86 valence electrons. The zero-order valence-electron chi connectivity index (χ0n) is 9.59. The van der Waals surface area contributed by atoms with Gasteiger partial charge in [0.25, 0.3) is 0 Å². The van der Waals surface area contributed by atoms with Gasteiger partial charge in [-0.1, -0.05) is 24.9 Å². The molecule has 2 aromatic rings. The Kier molecular flexibility index (Phi) is 3.22. The van der Waals surface area contributed by atoms with Gasteiger partial charge in [0.2, 0.25) is 0 Å². The predicted octanol–water partition coefficient (Wildman–Crippen LogP) is 4.19. The number of aryl methyl sites for hydroxylation is 1. The van der Waals surface area contributed by atoms with Gasteiger partial charge in [0, 0.05) is 10.4 Å². The Balaban J connectivity index is 2.43. The average Bonchev–Trinajstić information content (AvgIpc) is 2.62. The summed E-state index contributed by atoms with van der Waals surface area (Å²) in [5.74, 6) is 0.846. The molecule has 16 heavy (non-hydrogen) atoms. The van der Waals surface area contributed by atoms with Crippen molar-refractivity contribution in [3.8, 4) is 0 Å². The molecule has 3 heteroatoms. The van der Waals surface area contributed by atoms with Gasteiger partial charge < -0.3 is 10.2 Å². The number of hydrogen-bond donors (Lipinski definition) is 1. The van der Waals surface area contributed by atoms with Crippen molar-refractivity contribution >= 4 is 22.6 Å². The Hall–Kier alpha value is -0.990. The summed E-state index contributed by atoms with van der Waals surface area (Å²) >= 11 is 6.06. The van der Waals surface area contributed by atoms with Crippen LogP contribution in [0.2, 0.25) is 5.02 Å². The van der Waals surface area contributed by atoms with Gasteiger partial charge >= 0.3 is 0 Å². The molecule has 0 aliphatic heterocycles. The van der Waals surface area contributed by atoms with Crippen molar-refractivity contribution < 1.29 is 4.42 Å². The minimum Gasteiger partial charge on any atom is -0.459 e. The standard InChI is InChI=1S/C13H16ClNO/c1-3-4-11(15)13-7-9-6-10(14)8(2)5-12(9)16-13/h5-7,11H,3-4,15H2,1-2H3/t11-/m0/s1. The third-order valence-corrected chi connectivity index (χ3v) is 3.19. The molecular weight excluding hydrogens is 222 g/mol. The van der Waals surface area contributed by atoms with E-state index in [9.17, 15) is 0 Å². The first-order chi connectivity index (χ1) is 7.61. The Morgan fingerprint density at radius 3 is 2.81 bits per heavy atom. The van der Waals surface area contributed by atoms with Gasteiger partial charge in [-0.15, -0.1) is 0 Å². The van der Waals surface area contributed by atoms with E-state index < -0.39 is 0 Å². The lowest BCUT2D eigenvalue weighted by atomic mass is 10.1. The highest BCUT2D eigenvalue weighted by Gasteiger charge is 2.12. The molecule has 0 aliphatic rings. The van der Waals surface area contributed by atoms with Crippen molar-refractivity contribution in [3.05, 3.63) is 34.5 Å². The quantitative estimate of drug-likeness (QED) is 0.869. The lowest BCUT2D eigenvalue weighted by molar-refractivity contribution is 0.475. The monoisotopic (exact) mass is 237 g/mol. The molecule has 0 unspecified atom stereocenters. The second-order valence-corrected chi connectivity index (χ2v) is 4.59. The van der Waals surface area contributed by atoms with Crippen molar-refractivity contribution in [2.24, 2.45) is 5.73 Å². The van der Waals surface area contributed by atoms with E-state index in [1.165, 1.54) is 0 Å². The number of rotatable bonds is 3. The maximum absolute atomic E-state index is 6.06. The summed E-state index contributed by atoms with van der Waals surface area (Å²) in [7, 11) is 0. The van der Waals surface area contributed by atoms with E-state index in [0.29, 0.717) is 0 Å². The summed E-state index contributed by atoms with van der Waals surface area (Å²) in [5, 5.41) is 1.79. The molecule has 2 nitrogen and oxygen atoms in total. The third kappa shape index (κ3) is 2.08. The van der Waals surface area contributed by atoms with Crippen molar-refractivity contribution in [2.75, 3.05) is 0 Å². The number of nitrogens with two attached hydrogens (primary N) is 1. The summed E-state index contributed by atoms with van der Waals surface area (Å²) in [6.45, 7) is 4.08. The van der Waals surface area contributed by atoms with Crippen LogP contribution in [0, 0.1) is 6.92 Å². The van der Waals surface area contributed by atoms with E-state index in [4.69, 9.17) is 21.8 Å². The molecule has 2 rings (SSSR count). The molecular formula is C13H16ClNO. The molecule has 0 amide bonds. The van der Waals surface area contributed by atoms with Crippen LogP contribution >= 0.6 is 11.6 Å². The zero-order chi connectivity index (χ0) is 11.7. The maximum atomic E-state index is 6.06. The molecule has 0 bridgehead atoms.